The molecule has 0 saturated carbocycles. The van der Waals surface area contributed by atoms with Crippen molar-refractivity contribution in [3.8, 4) is 5.75 Å². The number of para-hydroxylation sites is 1. The predicted molar refractivity (Wildman–Crippen MR) is 119 cm³/mol. The van der Waals surface area contributed by atoms with Crippen molar-refractivity contribution in [2.45, 2.75) is 13.0 Å². The van der Waals surface area contributed by atoms with Gasteiger partial charge in [0.15, 0.2) is 6.61 Å². The molecule has 0 aliphatic carbocycles. The van der Waals surface area contributed by atoms with Gasteiger partial charge < -0.3 is 15.4 Å². The Bertz CT molecular complexity index is 1130. The van der Waals surface area contributed by atoms with Crippen molar-refractivity contribution in [3.05, 3.63) is 70.1 Å². The average Bonchev–Trinajstić information content (AvgIpc) is 3.05. The van der Waals surface area contributed by atoms with E-state index < -0.39 is 17.1 Å². The van der Waals surface area contributed by atoms with E-state index in [4.69, 9.17) is 10.5 Å². The number of nitrogens with two attached hydrogens (primary N) is 1. The fourth-order valence-corrected chi connectivity index (χ4v) is 4.43. The smallest absolute Gasteiger partial charge is 0.294 e. The first-order valence-electron chi connectivity index (χ1n) is 10.0. The van der Waals surface area contributed by atoms with E-state index >= 15 is 0 Å². The van der Waals surface area contributed by atoms with Gasteiger partial charge in [-0.25, -0.2) is 0 Å². The van der Waals surface area contributed by atoms with Gasteiger partial charge in [-0.2, -0.15) is 0 Å². The van der Waals surface area contributed by atoms with Crippen molar-refractivity contribution in [1.82, 2.24) is 9.80 Å². The second-order valence-corrected chi connectivity index (χ2v) is 8.39. The number of hydrogen-bond acceptors (Lipinski definition) is 6. The molecule has 9 heteroatoms. The van der Waals surface area contributed by atoms with Gasteiger partial charge in [0.2, 0.25) is 5.91 Å². The summed E-state index contributed by atoms with van der Waals surface area (Å²) in [5, 5.41) is -0.498. The minimum absolute atomic E-state index is 0.182. The fraction of sp³-hybridized carbons (Fsp3) is 0.217. The number of nitrogens with zero attached hydrogens (tertiary/aromatic N) is 2. The quantitative estimate of drug-likeness (QED) is 0.674. The zero-order valence-electron chi connectivity index (χ0n) is 17.2. The number of fused-ring (bicyclic) bond motifs is 1. The van der Waals surface area contributed by atoms with Crippen molar-refractivity contribution in [2.75, 3.05) is 19.7 Å². The molecule has 0 radical (unpaired) electrons. The van der Waals surface area contributed by atoms with Crippen LogP contribution in [0.15, 0.2) is 53.4 Å². The third-order valence-corrected chi connectivity index (χ3v) is 6.13. The predicted octanol–water partition coefficient (Wildman–Crippen LogP) is 2.17. The first-order valence-corrected chi connectivity index (χ1v) is 10.8. The third-order valence-electron chi connectivity index (χ3n) is 5.23. The summed E-state index contributed by atoms with van der Waals surface area (Å²) in [6.07, 6.45) is 2.26. The van der Waals surface area contributed by atoms with Gasteiger partial charge >= 0.3 is 0 Å². The molecule has 0 bridgehead atoms. The van der Waals surface area contributed by atoms with E-state index in [1.54, 1.807) is 29.2 Å². The van der Waals surface area contributed by atoms with Crippen LogP contribution in [0.2, 0.25) is 0 Å². The van der Waals surface area contributed by atoms with Crippen molar-refractivity contribution in [2.24, 2.45) is 5.73 Å². The molecule has 32 heavy (non-hydrogen) atoms. The van der Waals surface area contributed by atoms with Crippen molar-refractivity contribution >= 4 is 40.8 Å². The Balaban J connectivity index is 1.46. The molecule has 164 valence electrons. The Morgan fingerprint density at radius 1 is 1.06 bits per heavy atom. The van der Waals surface area contributed by atoms with E-state index in [1.165, 1.54) is 11.6 Å². The lowest BCUT2D eigenvalue weighted by atomic mass is 10.00. The molecule has 2 N–H and O–H groups in total. The highest BCUT2D eigenvalue weighted by atomic mass is 32.2. The Labute approximate surface area is 189 Å². The molecule has 1 fully saturated rings. The molecule has 8 nitrogen and oxygen atoms in total. The van der Waals surface area contributed by atoms with Gasteiger partial charge in [0.1, 0.15) is 12.3 Å². The Morgan fingerprint density at radius 2 is 1.78 bits per heavy atom. The van der Waals surface area contributed by atoms with E-state index in [9.17, 15) is 19.2 Å². The van der Waals surface area contributed by atoms with Crippen LogP contribution in [-0.4, -0.2) is 52.5 Å². The zero-order valence-corrected chi connectivity index (χ0v) is 18.0. The number of amides is 4. The molecular weight excluding hydrogens is 430 g/mol. The van der Waals surface area contributed by atoms with E-state index in [0.717, 1.165) is 28.6 Å². The maximum Gasteiger partial charge on any atom is 0.294 e. The van der Waals surface area contributed by atoms with E-state index in [-0.39, 0.29) is 24.0 Å². The van der Waals surface area contributed by atoms with Crippen LogP contribution in [0.5, 0.6) is 5.75 Å². The zero-order chi connectivity index (χ0) is 22.7. The molecule has 2 aromatic rings. The summed E-state index contributed by atoms with van der Waals surface area (Å²) in [5.74, 6) is -1.07. The van der Waals surface area contributed by atoms with Crippen LogP contribution < -0.4 is 10.5 Å². The fourth-order valence-electron chi connectivity index (χ4n) is 3.60. The van der Waals surface area contributed by atoms with Gasteiger partial charge in [0, 0.05) is 18.7 Å². The number of carbonyl (C=O) groups excluding carboxylic acids is 4. The van der Waals surface area contributed by atoms with Crippen LogP contribution in [0.4, 0.5) is 4.79 Å². The molecule has 0 aromatic heterocycles. The van der Waals surface area contributed by atoms with Crippen molar-refractivity contribution in [1.29, 1.82) is 0 Å². The number of hydrogen-bond donors (Lipinski definition) is 1. The first-order chi connectivity index (χ1) is 15.4. The Hall–Kier alpha value is -3.59. The monoisotopic (exact) mass is 451 g/mol. The molecule has 1 saturated heterocycles. The normalized spacial score (nSPS) is 16.9. The van der Waals surface area contributed by atoms with Gasteiger partial charge in [-0.05, 0) is 41.5 Å². The van der Waals surface area contributed by atoms with Gasteiger partial charge in [-0.3, -0.25) is 24.1 Å². The lowest BCUT2D eigenvalue weighted by Gasteiger charge is -2.29. The number of carbonyl (C=O) groups is 4. The second-order valence-electron chi connectivity index (χ2n) is 7.39. The van der Waals surface area contributed by atoms with Gasteiger partial charge in [0.25, 0.3) is 17.1 Å². The third kappa shape index (κ3) is 4.67. The average molecular weight is 452 g/mol. The van der Waals surface area contributed by atoms with E-state index in [2.05, 4.69) is 0 Å². The van der Waals surface area contributed by atoms with Crippen LogP contribution in [0.1, 0.15) is 16.7 Å². The number of thioether (sulfide) groups is 1. The summed E-state index contributed by atoms with van der Waals surface area (Å²) < 4.78 is 5.37. The highest BCUT2D eigenvalue weighted by molar-refractivity contribution is 8.18. The molecule has 4 amide bonds. The number of rotatable bonds is 6. The number of primary amides is 1. The summed E-state index contributed by atoms with van der Waals surface area (Å²) in [6, 6.07) is 14.7. The molecular formula is C23H21N3O5S. The summed E-state index contributed by atoms with van der Waals surface area (Å²) >= 11 is 0.768. The Kier molecular flexibility index (Phi) is 6.27. The molecule has 0 atom stereocenters. The lowest BCUT2D eigenvalue weighted by Crippen LogP contribution is -2.44. The number of benzene rings is 2. The summed E-state index contributed by atoms with van der Waals surface area (Å²) in [7, 11) is 0. The molecule has 2 aliphatic rings. The van der Waals surface area contributed by atoms with Crippen LogP contribution in [0.25, 0.3) is 6.08 Å². The van der Waals surface area contributed by atoms with Crippen molar-refractivity contribution in [3.63, 3.8) is 0 Å². The summed E-state index contributed by atoms with van der Waals surface area (Å²) in [5.41, 5.74) is 7.94. The minimum atomic E-state index is -0.626. The first kappa shape index (κ1) is 21.6. The molecule has 2 aliphatic heterocycles. The topological polar surface area (TPSA) is 110 Å². The van der Waals surface area contributed by atoms with Crippen LogP contribution in [0, 0.1) is 0 Å². The molecule has 4 rings (SSSR count). The Morgan fingerprint density at radius 3 is 2.56 bits per heavy atom. The van der Waals surface area contributed by atoms with Gasteiger partial charge in [0.05, 0.1) is 4.91 Å². The van der Waals surface area contributed by atoms with Crippen LogP contribution in [0.3, 0.4) is 0 Å². The van der Waals surface area contributed by atoms with E-state index in [1.807, 2.05) is 24.3 Å². The van der Waals surface area contributed by atoms with Crippen LogP contribution >= 0.6 is 11.8 Å². The lowest BCUT2D eigenvalue weighted by molar-refractivity contribution is -0.136. The minimum Gasteiger partial charge on any atom is -0.483 e. The SMILES string of the molecule is NC(=O)COc1ccccc1/C=C1/SC(=O)N(CC(=O)N2CCc3ccccc3C2)C1=O. The number of ether oxygens (including phenoxy) is 1. The van der Waals surface area contributed by atoms with Gasteiger partial charge in [-0.15, -0.1) is 0 Å². The molecule has 2 heterocycles. The largest absolute Gasteiger partial charge is 0.483 e. The van der Waals surface area contributed by atoms with E-state index in [0.29, 0.717) is 24.4 Å². The molecule has 2 aromatic carbocycles. The molecule has 0 unspecified atom stereocenters. The summed E-state index contributed by atoms with van der Waals surface area (Å²) in [6.45, 7) is 0.405. The maximum absolute atomic E-state index is 12.8. The number of imide groups is 1. The second kappa shape index (κ2) is 9.27. The standard InChI is InChI=1S/C23H21N3O5S/c24-20(27)14-31-18-8-4-3-6-16(18)11-19-22(29)26(23(30)32-19)13-21(28)25-10-9-15-5-1-2-7-17(15)12-25/h1-8,11H,9-10,12-14H2,(H2,24,27)/b19-11+. The highest BCUT2D eigenvalue weighted by Gasteiger charge is 2.37. The molecule has 0 spiro atoms. The highest BCUT2D eigenvalue weighted by Crippen LogP contribution is 2.34. The van der Waals surface area contributed by atoms with Crippen LogP contribution in [-0.2, 0) is 27.3 Å². The van der Waals surface area contributed by atoms with Crippen molar-refractivity contribution < 1.29 is 23.9 Å². The van der Waals surface area contributed by atoms with Gasteiger partial charge in [-0.1, -0.05) is 42.5 Å². The maximum atomic E-state index is 12.8. The summed E-state index contributed by atoms with van der Waals surface area (Å²) in [4.78, 5) is 51.9.